The SMILES string of the molecule is CC1=CC(=O)C2[C@@H](C1)C1(C)C(=O)C34OC(=O)C[C@](C)([C@H]1C(=O)[C@@H]2C)[C@]3(C)CC[C@]12C[C@@H](C)C[C@@H](CN41)O2. The number of allylic oxidation sites excluding steroid dienone is 2. The van der Waals surface area contributed by atoms with Crippen molar-refractivity contribution in [1.82, 2.24) is 4.90 Å². The van der Waals surface area contributed by atoms with E-state index < -0.39 is 51.4 Å². The summed E-state index contributed by atoms with van der Waals surface area (Å²) in [5.74, 6) is -2.14. The Balaban J connectivity index is 1.50. The molecular weight excluding hydrogens is 470 g/mol. The molecule has 7 nitrogen and oxygen atoms in total. The third-order valence-electron chi connectivity index (χ3n) is 12.5. The molecule has 0 amide bonds. The summed E-state index contributed by atoms with van der Waals surface area (Å²) in [6.45, 7) is 12.7. The number of hydrogen-bond donors (Lipinski definition) is 0. The van der Waals surface area contributed by atoms with E-state index in [2.05, 4.69) is 25.7 Å². The molecule has 4 aliphatic heterocycles. The number of fused-ring (bicyclic) bond motifs is 5. The zero-order valence-electron chi connectivity index (χ0n) is 22.9. The molecular formula is C30H39NO6. The number of hydrogen-bond acceptors (Lipinski definition) is 7. The first kappa shape index (κ1) is 24.2. The lowest BCUT2D eigenvalue weighted by atomic mass is 9.32. The van der Waals surface area contributed by atoms with E-state index in [1.54, 1.807) is 6.08 Å². The van der Waals surface area contributed by atoms with Crippen molar-refractivity contribution in [2.45, 2.75) is 97.6 Å². The second kappa shape index (κ2) is 6.82. The summed E-state index contributed by atoms with van der Waals surface area (Å²) < 4.78 is 13.1. The van der Waals surface area contributed by atoms with Gasteiger partial charge in [-0.2, -0.15) is 0 Å². The monoisotopic (exact) mass is 509 g/mol. The van der Waals surface area contributed by atoms with Gasteiger partial charge >= 0.3 is 5.97 Å². The molecule has 6 fully saturated rings. The molecule has 0 aromatic rings. The molecule has 1 spiro atoms. The van der Waals surface area contributed by atoms with Gasteiger partial charge in [0.1, 0.15) is 11.5 Å². The van der Waals surface area contributed by atoms with Crippen LogP contribution in [0.15, 0.2) is 11.6 Å². The van der Waals surface area contributed by atoms with Crippen LogP contribution in [-0.4, -0.2) is 52.3 Å². The largest absolute Gasteiger partial charge is 0.435 e. The standard InChI is InChI=1S/C30H39NO6/c1-15-10-19-22(20(32)11-15)17(3)23(34)24-26(4)13-21(33)37-30(25(35)28(19,24)6)27(26,5)7-8-29-12-16(2)9-18(36-29)14-31(29)30/h11,16-19,22,24H,7-10,12-14H2,1-6H3/t16-,17+,18-,19+,22?,24+,26+,27-,28?,29-,30?/m0/s1. The highest BCUT2D eigenvalue weighted by molar-refractivity contribution is 6.07. The second-order valence-electron chi connectivity index (χ2n) is 14.4. The number of piperidine rings is 1. The summed E-state index contributed by atoms with van der Waals surface area (Å²) >= 11 is 0. The summed E-state index contributed by atoms with van der Waals surface area (Å²) in [4.78, 5) is 58.8. The van der Waals surface area contributed by atoms with Gasteiger partial charge in [0.15, 0.2) is 11.6 Å². The van der Waals surface area contributed by atoms with Gasteiger partial charge in [-0.05, 0) is 62.4 Å². The van der Waals surface area contributed by atoms with Crippen molar-refractivity contribution in [2.75, 3.05) is 6.54 Å². The Morgan fingerprint density at radius 2 is 1.78 bits per heavy atom. The number of carbonyl (C=O) groups excluding carboxylic acids is 4. The maximum atomic E-state index is 15.4. The van der Waals surface area contributed by atoms with E-state index in [4.69, 9.17) is 9.47 Å². The number of ether oxygens (including phenoxy) is 2. The predicted octanol–water partition coefficient (Wildman–Crippen LogP) is 3.84. The van der Waals surface area contributed by atoms with Gasteiger partial charge in [-0.25, -0.2) is 4.90 Å². The minimum Gasteiger partial charge on any atom is -0.435 e. The van der Waals surface area contributed by atoms with Crippen LogP contribution in [0, 0.1) is 45.8 Å². The van der Waals surface area contributed by atoms with Gasteiger partial charge in [0.25, 0.3) is 0 Å². The number of carbonyl (C=O) groups is 4. The number of ketones is 3. The van der Waals surface area contributed by atoms with E-state index in [0.717, 1.165) is 24.8 Å². The third-order valence-corrected chi connectivity index (χ3v) is 12.5. The molecule has 0 N–H and O–H groups in total. The van der Waals surface area contributed by atoms with Gasteiger partial charge in [-0.3, -0.25) is 19.2 Å². The van der Waals surface area contributed by atoms with Gasteiger partial charge in [0, 0.05) is 35.1 Å². The Hall–Kier alpha value is -1.86. The quantitative estimate of drug-likeness (QED) is 0.458. The third kappa shape index (κ3) is 2.40. The minimum atomic E-state index is -1.50. The molecule has 4 bridgehead atoms. The zero-order valence-corrected chi connectivity index (χ0v) is 22.9. The molecule has 200 valence electrons. The average molecular weight is 510 g/mol. The van der Waals surface area contributed by atoms with E-state index in [1.165, 1.54) is 0 Å². The van der Waals surface area contributed by atoms with Crippen LogP contribution in [0.5, 0.6) is 0 Å². The van der Waals surface area contributed by atoms with Crippen molar-refractivity contribution in [1.29, 1.82) is 0 Å². The zero-order chi connectivity index (χ0) is 26.5. The van der Waals surface area contributed by atoms with Crippen LogP contribution in [0.1, 0.15) is 80.1 Å². The molecule has 0 radical (unpaired) electrons. The Kier molecular flexibility index (Phi) is 4.46. The molecule has 0 aromatic carbocycles. The van der Waals surface area contributed by atoms with Crippen LogP contribution >= 0.6 is 0 Å². The molecule has 7 aliphatic rings. The lowest BCUT2D eigenvalue weighted by Crippen LogP contribution is -2.87. The van der Waals surface area contributed by atoms with Crippen molar-refractivity contribution < 1.29 is 28.7 Å². The molecule has 0 aromatic heterocycles. The van der Waals surface area contributed by atoms with Crippen LogP contribution in [0.2, 0.25) is 0 Å². The molecule has 2 saturated carbocycles. The fraction of sp³-hybridized carbons (Fsp3) is 0.800. The molecule has 4 saturated heterocycles. The first-order valence-corrected chi connectivity index (χ1v) is 14.2. The van der Waals surface area contributed by atoms with Crippen LogP contribution in [-0.2, 0) is 28.7 Å². The van der Waals surface area contributed by atoms with Crippen molar-refractivity contribution in [2.24, 2.45) is 45.8 Å². The van der Waals surface area contributed by atoms with Crippen LogP contribution in [0.3, 0.4) is 0 Å². The number of Topliss-reactive ketones (excluding diaryl/α,β-unsaturated/α-hetero) is 2. The molecule has 11 atom stereocenters. The molecule has 7 rings (SSSR count). The molecule has 37 heavy (non-hydrogen) atoms. The highest BCUT2D eigenvalue weighted by Gasteiger charge is 2.86. The fourth-order valence-electron chi connectivity index (χ4n) is 11.0. The van der Waals surface area contributed by atoms with Gasteiger partial charge in [-0.1, -0.05) is 40.2 Å². The van der Waals surface area contributed by atoms with Crippen molar-refractivity contribution in [3.05, 3.63) is 11.6 Å². The lowest BCUT2D eigenvalue weighted by Gasteiger charge is -2.75. The summed E-state index contributed by atoms with van der Waals surface area (Å²) in [5.41, 5.74) is -3.81. The maximum absolute atomic E-state index is 15.4. The predicted molar refractivity (Wildman–Crippen MR) is 133 cm³/mol. The minimum absolute atomic E-state index is 0.00659. The highest BCUT2D eigenvalue weighted by atomic mass is 16.6. The second-order valence-corrected chi connectivity index (χ2v) is 14.4. The Morgan fingerprint density at radius 1 is 1.05 bits per heavy atom. The number of esters is 1. The number of rotatable bonds is 0. The Morgan fingerprint density at radius 3 is 2.51 bits per heavy atom. The van der Waals surface area contributed by atoms with E-state index in [-0.39, 0.29) is 35.8 Å². The van der Waals surface area contributed by atoms with Crippen LogP contribution in [0.4, 0.5) is 0 Å². The van der Waals surface area contributed by atoms with E-state index in [9.17, 15) is 14.4 Å². The Labute approximate surface area is 218 Å². The van der Waals surface area contributed by atoms with E-state index in [1.807, 2.05) is 20.8 Å². The first-order valence-electron chi connectivity index (χ1n) is 14.2. The maximum Gasteiger partial charge on any atom is 0.308 e. The summed E-state index contributed by atoms with van der Waals surface area (Å²) in [6, 6.07) is 0. The summed E-state index contributed by atoms with van der Waals surface area (Å²) in [6.07, 6.45) is 5.50. The fourth-order valence-corrected chi connectivity index (χ4v) is 11.0. The molecule has 3 unspecified atom stereocenters. The van der Waals surface area contributed by atoms with Gasteiger partial charge in [-0.15, -0.1) is 0 Å². The Bertz CT molecular complexity index is 1210. The average Bonchev–Trinajstić information content (AvgIpc) is 3.08. The van der Waals surface area contributed by atoms with Crippen molar-refractivity contribution >= 4 is 23.3 Å². The normalized spacial score (nSPS) is 56.5. The van der Waals surface area contributed by atoms with E-state index >= 15 is 4.79 Å². The molecule has 3 aliphatic carbocycles. The topological polar surface area (TPSA) is 90.0 Å². The summed E-state index contributed by atoms with van der Waals surface area (Å²) in [7, 11) is 0. The van der Waals surface area contributed by atoms with Crippen LogP contribution < -0.4 is 0 Å². The molecule has 7 heteroatoms. The number of nitrogens with zero attached hydrogens (tertiary/aromatic N) is 1. The van der Waals surface area contributed by atoms with Crippen LogP contribution in [0.25, 0.3) is 0 Å². The highest BCUT2D eigenvalue weighted by Crippen LogP contribution is 2.76. The lowest BCUT2D eigenvalue weighted by molar-refractivity contribution is -0.349. The van der Waals surface area contributed by atoms with Gasteiger partial charge in [0.05, 0.1) is 12.5 Å². The van der Waals surface area contributed by atoms with Gasteiger partial charge < -0.3 is 9.47 Å². The van der Waals surface area contributed by atoms with Crippen molar-refractivity contribution in [3.8, 4) is 0 Å². The smallest absolute Gasteiger partial charge is 0.308 e. The van der Waals surface area contributed by atoms with E-state index in [0.29, 0.717) is 25.3 Å². The first-order chi connectivity index (χ1) is 17.2. The van der Waals surface area contributed by atoms with Crippen molar-refractivity contribution in [3.63, 3.8) is 0 Å². The van der Waals surface area contributed by atoms with Gasteiger partial charge in [0.2, 0.25) is 5.72 Å². The summed E-state index contributed by atoms with van der Waals surface area (Å²) in [5, 5.41) is 0. The molecule has 4 heterocycles.